The standard InChI is InChI=1S/C50H60N8O6S2/c1-63-49(61)55-39(19-23-65-3)47(59)57-21-17-43(57)45-51-37-15-13-33(27-41(37)53-45)35-25-29-5-9-31(35)11-7-30-6-10-32(12-8-29)36(26-30)34-14-16-38-42(28-34)54-46(52-38)44-18-22-58(44)48(60)40(20-24-66-4)56-50(62)64-2/h5-6,9,13-16,26-29,32,39-40,43-44H,7-8,10-12,17-25H2,1-4H3,(H,51,53)(H,52,54)(H,55,61)(H,56,62)/t29-,32+,39-,40-,43-,44-/m0/s1. The molecule has 4 heterocycles. The number of allylic oxidation sites excluding steroid dienone is 8. The maximum absolute atomic E-state index is 13.6. The number of hydrogen-bond acceptors (Lipinski definition) is 10. The summed E-state index contributed by atoms with van der Waals surface area (Å²) >= 11 is 3.28. The van der Waals surface area contributed by atoms with E-state index in [0.717, 1.165) is 96.6 Å². The molecule has 6 aliphatic carbocycles. The van der Waals surface area contributed by atoms with E-state index in [4.69, 9.17) is 19.4 Å². The van der Waals surface area contributed by atoms with Gasteiger partial charge in [0.2, 0.25) is 11.8 Å². The number of fused-ring (bicyclic) bond motifs is 2. The third-order valence-electron chi connectivity index (χ3n) is 14.1. The molecule has 0 unspecified atom stereocenters. The lowest BCUT2D eigenvalue weighted by atomic mass is 9.75. The molecule has 12 rings (SSSR count). The minimum atomic E-state index is -0.645. The first-order valence-corrected chi connectivity index (χ1v) is 26.0. The number of nitrogens with one attached hydrogen (secondary N) is 4. The lowest BCUT2D eigenvalue weighted by Gasteiger charge is -2.41. The lowest BCUT2D eigenvalue weighted by Crippen LogP contribution is -2.54. The van der Waals surface area contributed by atoms with Crippen LogP contribution in [0.2, 0.25) is 0 Å². The summed E-state index contributed by atoms with van der Waals surface area (Å²) < 4.78 is 9.63. The van der Waals surface area contributed by atoms with Crippen LogP contribution in [0, 0.1) is 11.8 Å². The molecule has 4 aromatic rings. The van der Waals surface area contributed by atoms with Crippen LogP contribution in [0.25, 0.3) is 33.2 Å². The van der Waals surface area contributed by atoms with Crippen LogP contribution in [-0.4, -0.2) is 117 Å². The van der Waals surface area contributed by atoms with Crippen LogP contribution in [0.3, 0.4) is 0 Å². The zero-order chi connectivity index (χ0) is 45.9. The number of carbonyl (C=O) groups is 4. The van der Waals surface area contributed by atoms with Gasteiger partial charge in [-0.3, -0.25) is 9.59 Å². The van der Waals surface area contributed by atoms with Crippen molar-refractivity contribution in [3.05, 3.63) is 94.6 Å². The summed E-state index contributed by atoms with van der Waals surface area (Å²) in [5.74, 6) is 3.64. The van der Waals surface area contributed by atoms with Gasteiger partial charge in [-0.05, 0) is 152 Å². The Morgan fingerprint density at radius 3 is 1.89 bits per heavy atom. The van der Waals surface area contributed by atoms with Gasteiger partial charge in [0.25, 0.3) is 0 Å². The predicted molar refractivity (Wildman–Crippen MR) is 262 cm³/mol. The van der Waals surface area contributed by atoms with Crippen molar-refractivity contribution in [3.8, 4) is 0 Å². The zero-order valence-corrected chi connectivity index (χ0v) is 39.8. The number of ether oxygens (including phenoxy) is 2. The molecular weight excluding hydrogens is 873 g/mol. The largest absolute Gasteiger partial charge is 0.453 e. The number of carbonyl (C=O) groups excluding carboxylic acids is 4. The minimum Gasteiger partial charge on any atom is -0.453 e. The van der Waals surface area contributed by atoms with E-state index in [9.17, 15) is 19.2 Å². The van der Waals surface area contributed by atoms with Crippen LogP contribution in [0.15, 0.2) is 71.8 Å². The van der Waals surface area contributed by atoms with Crippen LogP contribution in [0.5, 0.6) is 0 Å². The molecule has 16 heteroatoms. The van der Waals surface area contributed by atoms with Crippen LogP contribution in [0.1, 0.15) is 99.1 Å². The summed E-state index contributed by atoms with van der Waals surface area (Å²) in [7, 11) is 2.62. The third-order valence-corrected chi connectivity index (χ3v) is 15.4. The van der Waals surface area contributed by atoms with Gasteiger partial charge in [-0.1, -0.05) is 42.0 Å². The number of imidazole rings is 2. The number of nitrogens with zero attached hydrogens (tertiary/aromatic N) is 4. The van der Waals surface area contributed by atoms with Crippen molar-refractivity contribution < 1.29 is 28.7 Å². The molecule has 4 amide bonds. The number of aromatic nitrogens is 4. The average molecular weight is 933 g/mol. The number of benzene rings is 2. The number of amides is 4. The summed E-state index contributed by atoms with van der Waals surface area (Å²) in [6.45, 7) is 1.24. The number of rotatable bonds is 14. The van der Waals surface area contributed by atoms with Crippen molar-refractivity contribution in [2.75, 3.05) is 51.3 Å². The van der Waals surface area contributed by atoms with Crippen molar-refractivity contribution in [1.82, 2.24) is 40.4 Å². The third kappa shape index (κ3) is 9.53. The fraction of sp³-hybridized carbons (Fsp3) is 0.480. The minimum absolute atomic E-state index is 0.107. The first-order valence-electron chi connectivity index (χ1n) is 23.2. The van der Waals surface area contributed by atoms with Crippen molar-refractivity contribution >= 4 is 80.7 Å². The summed E-state index contributed by atoms with van der Waals surface area (Å²) in [6, 6.07) is 11.5. The number of hydrogen-bond donors (Lipinski definition) is 4. The van der Waals surface area contributed by atoms with Crippen molar-refractivity contribution in [1.29, 1.82) is 0 Å². The Labute approximate surface area is 394 Å². The van der Waals surface area contributed by atoms with Crippen molar-refractivity contribution in [2.45, 2.75) is 88.4 Å². The van der Waals surface area contributed by atoms with Gasteiger partial charge in [-0.2, -0.15) is 23.5 Å². The maximum Gasteiger partial charge on any atom is 0.407 e. The van der Waals surface area contributed by atoms with E-state index in [2.05, 4.69) is 81.3 Å². The van der Waals surface area contributed by atoms with Gasteiger partial charge in [0.1, 0.15) is 23.7 Å². The highest BCUT2D eigenvalue weighted by Crippen LogP contribution is 2.44. The van der Waals surface area contributed by atoms with E-state index in [1.54, 1.807) is 23.5 Å². The number of thioether (sulfide) groups is 2. The highest BCUT2D eigenvalue weighted by molar-refractivity contribution is 7.98. The van der Waals surface area contributed by atoms with Gasteiger partial charge in [0.05, 0.1) is 48.4 Å². The van der Waals surface area contributed by atoms with E-state index in [1.807, 2.05) is 22.3 Å². The van der Waals surface area contributed by atoms with Gasteiger partial charge in [-0.25, -0.2) is 19.6 Å². The van der Waals surface area contributed by atoms with Crippen LogP contribution in [-0.2, 0) is 19.1 Å². The first-order chi connectivity index (χ1) is 32.1. The summed E-state index contributed by atoms with van der Waals surface area (Å²) in [6.07, 6.45) is 21.2. The molecule has 2 aromatic carbocycles. The van der Waals surface area contributed by atoms with Crippen molar-refractivity contribution in [2.24, 2.45) is 11.8 Å². The maximum atomic E-state index is 13.6. The fourth-order valence-electron chi connectivity index (χ4n) is 10.2. The fourth-order valence-corrected chi connectivity index (χ4v) is 11.2. The van der Waals surface area contributed by atoms with E-state index in [0.29, 0.717) is 37.8 Å². The van der Waals surface area contributed by atoms with E-state index in [1.165, 1.54) is 47.6 Å². The normalized spacial score (nSPS) is 22.4. The van der Waals surface area contributed by atoms with Crippen molar-refractivity contribution in [3.63, 3.8) is 0 Å². The Balaban J connectivity index is 0.906. The van der Waals surface area contributed by atoms with Crippen LogP contribution >= 0.6 is 23.5 Å². The van der Waals surface area contributed by atoms with Gasteiger partial charge in [0, 0.05) is 13.1 Å². The second kappa shape index (κ2) is 20.2. The Morgan fingerprint density at radius 2 is 1.35 bits per heavy atom. The lowest BCUT2D eigenvalue weighted by molar-refractivity contribution is -0.142. The average Bonchev–Trinajstić information content (AvgIpc) is 3.91. The molecule has 348 valence electrons. The smallest absolute Gasteiger partial charge is 0.407 e. The number of alkyl carbamates (subject to hydrolysis) is 2. The van der Waals surface area contributed by atoms with E-state index in [-0.39, 0.29) is 23.9 Å². The van der Waals surface area contributed by atoms with Gasteiger partial charge >= 0.3 is 12.2 Å². The second-order valence-corrected chi connectivity index (χ2v) is 20.0. The summed E-state index contributed by atoms with van der Waals surface area (Å²) in [5, 5.41) is 5.48. The zero-order valence-electron chi connectivity index (χ0n) is 38.2. The molecule has 2 saturated heterocycles. The molecule has 2 fully saturated rings. The second-order valence-electron chi connectivity index (χ2n) is 18.0. The molecule has 2 aromatic heterocycles. The molecule has 4 bridgehead atoms. The monoisotopic (exact) mass is 932 g/mol. The van der Waals surface area contributed by atoms with Crippen LogP contribution < -0.4 is 10.6 Å². The van der Waals surface area contributed by atoms with Gasteiger partial charge in [0.15, 0.2) is 0 Å². The number of methoxy groups -OCH3 is 2. The SMILES string of the molecule is COC(=O)N[C@@H](CCSC)C(=O)N1CC[C@H]1c1nc2ccc(C3=CC4=CC[C@@H]3CC[C@@H]3C=CC(=C(c5ccc6nc([C@@H]7CCN7C(=O)[C@H](CCSC)NC(=O)OC)[nH]c6c5)C3)CC4)cc2[nH]1. The molecule has 14 nitrogen and oxygen atoms in total. The molecule has 8 aliphatic rings. The molecule has 4 N–H and O–H groups in total. The quantitative estimate of drug-likeness (QED) is 0.0957. The van der Waals surface area contributed by atoms with E-state index >= 15 is 0 Å². The summed E-state index contributed by atoms with van der Waals surface area (Å²) in [5.41, 5.74) is 11.6. The highest BCUT2D eigenvalue weighted by atomic mass is 32.2. The Morgan fingerprint density at radius 1 is 0.773 bits per heavy atom. The van der Waals surface area contributed by atoms with Crippen LogP contribution in [0.4, 0.5) is 9.59 Å². The molecule has 66 heavy (non-hydrogen) atoms. The van der Waals surface area contributed by atoms with E-state index < -0.39 is 24.3 Å². The summed E-state index contributed by atoms with van der Waals surface area (Å²) in [4.78, 5) is 72.2. The Bertz CT molecular complexity index is 2630. The first kappa shape index (κ1) is 45.7. The topological polar surface area (TPSA) is 175 Å². The molecule has 0 spiro atoms. The molecule has 2 aliphatic heterocycles. The predicted octanol–water partition coefficient (Wildman–Crippen LogP) is 8.88. The number of aromatic amines is 2. The number of likely N-dealkylation sites (tertiary alicyclic amines) is 2. The highest BCUT2D eigenvalue weighted by Gasteiger charge is 2.41. The Hall–Kier alpha value is -5.48. The molecular formula is C50H60N8O6S2. The van der Waals surface area contributed by atoms with Gasteiger partial charge < -0.3 is 39.9 Å². The molecule has 0 saturated carbocycles. The number of H-pyrrole nitrogens is 2. The Kier molecular flexibility index (Phi) is 14.0. The molecule has 6 atom stereocenters. The van der Waals surface area contributed by atoms with Gasteiger partial charge in [-0.15, -0.1) is 0 Å². The molecule has 0 radical (unpaired) electrons.